The lowest BCUT2D eigenvalue weighted by Crippen LogP contribution is -2.52. The van der Waals surface area contributed by atoms with Gasteiger partial charge in [0, 0.05) is 39.3 Å². The number of urea groups is 1. The van der Waals surface area contributed by atoms with Gasteiger partial charge >= 0.3 is 12.0 Å². The number of carbonyl (C=O) groups is 2. The normalized spacial score (nSPS) is 21.2. The molecule has 0 aliphatic carbocycles. The molecular weight excluding hydrogens is 290 g/mol. The molecule has 0 spiro atoms. The maximum atomic E-state index is 12.1. The van der Waals surface area contributed by atoms with Crippen LogP contribution in [0.1, 0.15) is 19.3 Å². The number of carboxylic acids is 1. The highest BCUT2D eigenvalue weighted by molar-refractivity contribution is 7.99. The van der Waals surface area contributed by atoms with Gasteiger partial charge in [-0.3, -0.25) is 9.69 Å². The zero-order chi connectivity index (χ0) is 15.1. The van der Waals surface area contributed by atoms with Crippen molar-refractivity contribution in [2.75, 3.05) is 50.8 Å². The fourth-order valence-corrected chi connectivity index (χ4v) is 3.93. The second-order valence-electron chi connectivity index (χ2n) is 5.71. The van der Waals surface area contributed by atoms with E-state index in [9.17, 15) is 9.59 Å². The van der Waals surface area contributed by atoms with Crippen molar-refractivity contribution in [3.8, 4) is 0 Å². The fourth-order valence-electron chi connectivity index (χ4n) is 2.72. The molecule has 0 radical (unpaired) electrons. The summed E-state index contributed by atoms with van der Waals surface area (Å²) in [7, 11) is 0. The molecule has 120 valence electrons. The van der Waals surface area contributed by atoms with Gasteiger partial charge in [-0.25, -0.2) is 4.79 Å². The number of hydrogen-bond acceptors (Lipinski definition) is 4. The molecule has 7 heteroatoms. The smallest absolute Gasteiger partial charge is 0.317 e. The van der Waals surface area contributed by atoms with E-state index in [1.807, 2.05) is 16.7 Å². The van der Waals surface area contributed by atoms with Crippen molar-refractivity contribution in [3.63, 3.8) is 0 Å². The standard InChI is InChI=1S/C14H25N3O3S/c18-13(19)1-4-16-5-7-17(8-6-16)14(20)15-11-12-2-9-21-10-3-12/h12H,1-11H2,(H,15,20)(H,18,19). The van der Waals surface area contributed by atoms with Gasteiger partial charge in [-0.15, -0.1) is 0 Å². The number of amides is 2. The quantitative estimate of drug-likeness (QED) is 0.790. The summed E-state index contributed by atoms with van der Waals surface area (Å²) in [4.78, 5) is 26.6. The summed E-state index contributed by atoms with van der Waals surface area (Å²) in [6.07, 6.45) is 2.58. The molecule has 0 aromatic heterocycles. The predicted octanol–water partition coefficient (Wildman–Crippen LogP) is 0.931. The van der Waals surface area contributed by atoms with Crippen LogP contribution in [0, 0.1) is 5.92 Å². The topological polar surface area (TPSA) is 72.9 Å². The van der Waals surface area contributed by atoms with E-state index in [0.717, 1.165) is 19.6 Å². The van der Waals surface area contributed by atoms with Crippen molar-refractivity contribution in [2.45, 2.75) is 19.3 Å². The summed E-state index contributed by atoms with van der Waals surface area (Å²) in [6.45, 7) is 4.27. The van der Waals surface area contributed by atoms with E-state index in [0.29, 0.717) is 25.6 Å². The molecule has 2 amide bonds. The molecular formula is C14H25N3O3S. The van der Waals surface area contributed by atoms with Crippen molar-refractivity contribution < 1.29 is 14.7 Å². The van der Waals surface area contributed by atoms with Crippen LogP contribution in [0.4, 0.5) is 4.79 Å². The van der Waals surface area contributed by atoms with Crippen LogP contribution in [0.15, 0.2) is 0 Å². The molecule has 2 saturated heterocycles. The van der Waals surface area contributed by atoms with Crippen molar-refractivity contribution in [3.05, 3.63) is 0 Å². The molecule has 0 unspecified atom stereocenters. The van der Waals surface area contributed by atoms with Crippen LogP contribution in [-0.2, 0) is 4.79 Å². The Morgan fingerprint density at radius 1 is 1.14 bits per heavy atom. The van der Waals surface area contributed by atoms with Gasteiger partial charge in [-0.1, -0.05) is 0 Å². The number of nitrogens with one attached hydrogen (secondary N) is 1. The summed E-state index contributed by atoms with van der Waals surface area (Å²) in [5, 5.41) is 11.7. The monoisotopic (exact) mass is 315 g/mol. The van der Waals surface area contributed by atoms with Crippen molar-refractivity contribution in [2.24, 2.45) is 5.92 Å². The van der Waals surface area contributed by atoms with E-state index in [4.69, 9.17) is 5.11 Å². The number of carbonyl (C=O) groups excluding carboxylic acids is 1. The van der Waals surface area contributed by atoms with E-state index in [2.05, 4.69) is 10.2 Å². The minimum atomic E-state index is -0.763. The van der Waals surface area contributed by atoms with E-state index < -0.39 is 5.97 Å². The first kappa shape index (κ1) is 16.4. The molecule has 0 saturated carbocycles. The lowest BCUT2D eigenvalue weighted by Gasteiger charge is -2.34. The van der Waals surface area contributed by atoms with Gasteiger partial charge in [-0.05, 0) is 30.3 Å². The lowest BCUT2D eigenvalue weighted by atomic mass is 10.0. The Bertz CT molecular complexity index is 353. The van der Waals surface area contributed by atoms with Crippen LogP contribution in [-0.4, -0.2) is 77.7 Å². The average Bonchev–Trinajstić information content (AvgIpc) is 2.52. The van der Waals surface area contributed by atoms with E-state index in [1.165, 1.54) is 24.3 Å². The van der Waals surface area contributed by atoms with Gasteiger partial charge in [0.15, 0.2) is 0 Å². The minimum Gasteiger partial charge on any atom is -0.481 e. The van der Waals surface area contributed by atoms with Crippen molar-refractivity contribution in [1.82, 2.24) is 15.1 Å². The summed E-state index contributed by atoms with van der Waals surface area (Å²) in [6, 6.07) is 0.0334. The van der Waals surface area contributed by atoms with Crippen LogP contribution >= 0.6 is 11.8 Å². The molecule has 0 bridgehead atoms. The first-order chi connectivity index (χ1) is 10.1. The van der Waals surface area contributed by atoms with Crippen LogP contribution in [0.25, 0.3) is 0 Å². The molecule has 2 aliphatic heterocycles. The summed E-state index contributed by atoms with van der Waals surface area (Å²) < 4.78 is 0. The Morgan fingerprint density at radius 2 is 1.81 bits per heavy atom. The molecule has 0 atom stereocenters. The minimum absolute atomic E-state index is 0.0334. The fraction of sp³-hybridized carbons (Fsp3) is 0.857. The molecule has 2 rings (SSSR count). The Balaban J connectivity index is 1.62. The zero-order valence-electron chi connectivity index (χ0n) is 12.4. The van der Waals surface area contributed by atoms with Crippen molar-refractivity contribution in [1.29, 1.82) is 0 Å². The third-order valence-electron chi connectivity index (χ3n) is 4.18. The second-order valence-corrected chi connectivity index (χ2v) is 6.94. The van der Waals surface area contributed by atoms with Gasteiger partial charge in [0.1, 0.15) is 0 Å². The zero-order valence-corrected chi connectivity index (χ0v) is 13.2. The van der Waals surface area contributed by atoms with Crippen LogP contribution in [0.5, 0.6) is 0 Å². The Labute approximate surface area is 130 Å². The Morgan fingerprint density at radius 3 is 2.43 bits per heavy atom. The first-order valence-corrected chi connectivity index (χ1v) is 8.85. The summed E-state index contributed by atoms with van der Waals surface area (Å²) in [5.41, 5.74) is 0. The molecule has 2 N–H and O–H groups in total. The van der Waals surface area contributed by atoms with E-state index in [1.54, 1.807) is 0 Å². The highest BCUT2D eigenvalue weighted by Crippen LogP contribution is 2.21. The molecule has 2 heterocycles. The molecule has 21 heavy (non-hydrogen) atoms. The largest absolute Gasteiger partial charge is 0.481 e. The van der Waals surface area contributed by atoms with Crippen molar-refractivity contribution >= 4 is 23.8 Å². The molecule has 2 aliphatic rings. The number of aliphatic carboxylic acids is 1. The molecule has 0 aromatic rings. The highest BCUT2D eigenvalue weighted by Gasteiger charge is 2.22. The van der Waals surface area contributed by atoms with Gasteiger partial charge in [0.05, 0.1) is 6.42 Å². The number of nitrogens with zero attached hydrogens (tertiary/aromatic N) is 2. The molecule has 6 nitrogen and oxygen atoms in total. The maximum absolute atomic E-state index is 12.1. The SMILES string of the molecule is O=C(O)CCN1CCN(C(=O)NCC2CCSCC2)CC1. The van der Waals surface area contributed by atoms with Crippen LogP contribution in [0.3, 0.4) is 0 Å². The lowest BCUT2D eigenvalue weighted by molar-refractivity contribution is -0.137. The number of piperazine rings is 1. The maximum Gasteiger partial charge on any atom is 0.317 e. The highest BCUT2D eigenvalue weighted by atomic mass is 32.2. The second kappa shape index (κ2) is 8.48. The molecule has 0 aromatic carbocycles. The number of rotatable bonds is 5. The summed E-state index contributed by atoms with van der Waals surface area (Å²) >= 11 is 2.00. The van der Waals surface area contributed by atoms with Gasteiger partial charge < -0.3 is 15.3 Å². The average molecular weight is 315 g/mol. The first-order valence-electron chi connectivity index (χ1n) is 7.70. The summed E-state index contributed by atoms with van der Waals surface area (Å²) in [5.74, 6) is 2.29. The molecule has 2 fully saturated rings. The number of thioether (sulfide) groups is 1. The third kappa shape index (κ3) is 5.74. The third-order valence-corrected chi connectivity index (χ3v) is 5.23. The van der Waals surface area contributed by atoms with Crippen LogP contribution in [0.2, 0.25) is 0 Å². The van der Waals surface area contributed by atoms with E-state index >= 15 is 0 Å². The van der Waals surface area contributed by atoms with E-state index in [-0.39, 0.29) is 12.5 Å². The predicted molar refractivity (Wildman–Crippen MR) is 83.7 cm³/mol. The van der Waals surface area contributed by atoms with Gasteiger partial charge in [0.2, 0.25) is 0 Å². The Hall–Kier alpha value is -0.950. The Kier molecular flexibility index (Phi) is 6.63. The van der Waals surface area contributed by atoms with Gasteiger partial charge in [-0.2, -0.15) is 11.8 Å². The van der Waals surface area contributed by atoms with Crippen LogP contribution < -0.4 is 5.32 Å². The van der Waals surface area contributed by atoms with Gasteiger partial charge in [0.25, 0.3) is 0 Å². The number of carboxylic acid groups (broad SMARTS) is 1. The number of hydrogen-bond donors (Lipinski definition) is 2.